The zero-order valence-electron chi connectivity index (χ0n) is 21.5. The second-order valence-electron chi connectivity index (χ2n) is 9.87. The first-order valence-electron chi connectivity index (χ1n) is 12.3. The number of nitrogens with one attached hydrogen (secondary N) is 1. The van der Waals surface area contributed by atoms with Gasteiger partial charge < -0.3 is 10.0 Å². The largest absolute Gasteiger partial charge is 0.481 e. The van der Waals surface area contributed by atoms with Gasteiger partial charge in [0.15, 0.2) is 0 Å². The van der Waals surface area contributed by atoms with Crippen LogP contribution in [0.2, 0.25) is 0 Å². The van der Waals surface area contributed by atoms with Crippen LogP contribution in [0.1, 0.15) is 50.2 Å². The SMILES string of the molecule is CN1C(=O)N(CCCC(CS(=O)(=O)NCCC(c2ccccc2)c2ccccc2)C(=O)O)C(=O)C1(C)C. The van der Waals surface area contributed by atoms with Crippen molar-refractivity contribution in [2.24, 2.45) is 5.92 Å². The fourth-order valence-electron chi connectivity index (χ4n) is 4.53. The molecule has 37 heavy (non-hydrogen) atoms. The van der Waals surface area contributed by atoms with Crippen LogP contribution < -0.4 is 4.72 Å². The van der Waals surface area contributed by atoms with Crippen molar-refractivity contribution in [2.75, 3.05) is 25.9 Å². The Morgan fingerprint density at radius 3 is 1.97 bits per heavy atom. The summed E-state index contributed by atoms with van der Waals surface area (Å²) < 4.78 is 28.1. The summed E-state index contributed by atoms with van der Waals surface area (Å²) in [6, 6.07) is 19.2. The Morgan fingerprint density at radius 1 is 0.973 bits per heavy atom. The summed E-state index contributed by atoms with van der Waals surface area (Å²) in [7, 11) is -2.33. The molecule has 3 rings (SSSR count). The quantitative estimate of drug-likeness (QED) is 0.384. The number of hydrogen-bond acceptors (Lipinski definition) is 5. The Labute approximate surface area is 218 Å². The Balaban J connectivity index is 1.56. The molecule has 1 atom stereocenters. The number of imide groups is 1. The molecular formula is C27H35N3O6S. The molecular weight excluding hydrogens is 494 g/mol. The molecule has 2 aromatic carbocycles. The molecule has 1 saturated heterocycles. The van der Waals surface area contributed by atoms with Crippen LogP contribution in [0.3, 0.4) is 0 Å². The van der Waals surface area contributed by atoms with Crippen LogP contribution in [0.4, 0.5) is 4.79 Å². The van der Waals surface area contributed by atoms with Gasteiger partial charge in [-0.15, -0.1) is 0 Å². The van der Waals surface area contributed by atoms with Gasteiger partial charge in [0.1, 0.15) is 5.54 Å². The lowest BCUT2D eigenvalue weighted by Gasteiger charge is -2.22. The smallest absolute Gasteiger partial charge is 0.327 e. The van der Waals surface area contributed by atoms with E-state index in [1.54, 1.807) is 20.9 Å². The predicted molar refractivity (Wildman–Crippen MR) is 140 cm³/mol. The van der Waals surface area contributed by atoms with E-state index < -0.39 is 39.2 Å². The zero-order valence-corrected chi connectivity index (χ0v) is 22.3. The molecule has 0 bridgehead atoms. The van der Waals surface area contributed by atoms with Gasteiger partial charge in [-0.1, -0.05) is 60.7 Å². The molecule has 3 amide bonds. The highest BCUT2D eigenvalue weighted by Gasteiger charge is 2.48. The molecule has 1 aliphatic heterocycles. The Hall–Kier alpha value is -3.24. The zero-order chi connectivity index (χ0) is 27.2. The number of nitrogens with zero attached hydrogens (tertiary/aromatic N) is 2. The summed E-state index contributed by atoms with van der Waals surface area (Å²) in [5, 5.41) is 9.62. The molecule has 0 aliphatic carbocycles. The normalized spacial score (nSPS) is 16.4. The van der Waals surface area contributed by atoms with Crippen LogP contribution in [0.15, 0.2) is 60.7 Å². The summed E-state index contributed by atoms with van der Waals surface area (Å²) >= 11 is 0. The highest BCUT2D eigenvalue weighted by atomic mass is 32.2. The third-order valence-electron chi connectivity index (χ3n) is 6.99. The Morgan fingerprint density at radius 2 is 1.51 bits per heavy atom. The van der Waals surface area contributed by atoms with Gasteiger partial charge in [-0.25, -0.2) is 17.9 Å². The average Bonchev–Trinajstić information content (AvgIpc) is 3.01. The molecule has 0 spiro atoms. The maximum absolute atomic E-state index is 12.8. The standard InChI is InChI=1S/C27H35N3O6S/c1-27(2)25(33)30(26(34)29(27)3)18-10-15-22(24(31)32)19-37(35,36)28-17-16-23(20-11-6-4-7-12-20)21-13-8-5-9-14-21/h4-9,11-14,22-23,28H,10,15-19H2,1-3H3,(H,31,32). The van der Waals surface area contributed by atoms with Crippen molar-refractivity contribution in [3.63, 3.8) is 0 Å². The number of urea groups is 1. The molecule has 1 aliphatic rings. The number of carboxylic acids is 1. The van der Waals surface area contributed by atoms with Crippen molar-refractivity contribution in [1.29, 1.82) is 0 Å². The van der Waals surface area contributed by atoms with E-state index in [0.717, 1.165) is 16.0 Å². The Bertz CT molecular complexity index is 1160. The lowest BCUT2D eigenvalue weighted by Crippen LogP contribution is -2.41. The minimum atomic E-state index is -3.87. The van der Waals surface area contributed by atoms with E-state index in [4.69, 9.17) is 0 Å². The highest BCUT2D eigenvalue weighted by molar-refractivity contribution is 7.89. The highest BCUT2D eigenvalue weighted by Crippen LogP contribution is 2.28. The summed E-state index contributed by atoms with van der Waals surface area (Å²) in [5.74, 6) is -3.33. The maximum atomic E-state index is 12.8. The van der Waals surface area contributed by atoms with Crippen LogP contribution in [0.25, 0.3) is 0 Å². The third kappa shape index (κ3) is 6.95. The van der Waals surface area contributed by atoms with Gasteiger partial charge in [-0.05, 0) is 44.2 Å². The number of likely N-dealkylation sites (N-methyl/N-ethyl adjacent to an activating group) is 1. The molecule has 0 aromatic heterocycles. The fourth-order valence-corrected chi connectivity index (χ4v) is 5.92. The second-order valence-corrected chi connectivity index (χ2v) is 11.7. The summed E-state index contributed by atoms with van der Waals surface area (Å²) in [6.45, 7) is 3.48. The minimum Gasteiger partial charge on any atom is -0.481 e. The van der Waals surface area contributed by atoms with E-state index in [9.17, 15) is 27.9 Å². The molecule has 10 heteroatoms. The van der Waals surface area contributed by atoms with Crippen LogP contribution in [-0.2, 0) is 19.6 Å². The van der Waals surface area contributed by atoms with Crippen molar-refractivity contribution in [3.8, 4) is 0 Å². The minimum absolute atomic E-state index is 0.0155. The topological polar surface area (TPSA) is 124 Å². The van der Waals surface area contributed by atoms with Crippen molar-refractivity contribution < 1.29 is 27.9 Å². The van der Waals surface area contributed by atoms with Crippen LogP contribution in [-0.4, -0.2) is 72.7 Å². The lowest BCUT2D eigenvalue weighted by atomic mass is 9.89. The van der Waals surface area contributed by atoms with Gasteiger partial charge in [0.05, 0.1) is 11.7 Å². The number of amides is 3. The van der Waals surface area contributed by atoms with Gasteiger partial charge in [0.25, 0.3) is 5.91 Å². The molecule has 200 valence electrons. The van der Waals surface area contributed by atoms with Gasteiger partial charge in [0, 0.05) is 26.1 Å². The number of carbonyl (C=O) groups excluding carboxylic acids is 2. The monoisotopic (exact) mass is 529 g/mol. The molecule has 1 heterocycles. The van der Waals surface area contributed by atoms with Gasteiger partial charge in [-0.3, -0.25) is 14.5 Å². The van der Waals surface area contributed by atoms with Crippen molar-refractivity contribution in [2.45, 2.75) is 44.6 Å². The Kier molecular flexibility index (Phi) is 9.09. The van der Waals surface area contributed by atoms with E-state index >= 15 is 0 Å². The first-order valence-corrected chi connectivity index (χ1v) is 14.0. The molecule has 0 radical (unpaired) electrons. The van der Waals surface area contributed by atoms with Crippen molar-refractivity contribution in [3.05, 3.63) is 71.8 Å². The second kappa shape index (κ2) is 11.9. The fraction of sp³-hybridized carbons (Fsp3) is 0.444. The molecule has 2 N–H and O–H groups in total. The summed E-state index contributed by atoms with van der Waals surface area (Å²) in [6.07, 6.45) is 0.722. The van der Waals surface area contributed by atoms with Gasteiger partial charge in [-0.2, -0.15) is 0 Å². The van der Waals surface area contributed by atoms with Crippen LogP contribution in [0.5, 0.6) is 0 Å². The van der Waals surface area contributed by atoms with Gasteiger partial charge in [0.2, 0.25) is 10.0 Å². The summed E-state index contributed by atoms with van der Waals surface area (Å²) in [4.78, 5) is 39.1. The van der Waals surface area contributed by atoms with E-state index in [2.05, 4.69) is 4.72 Å². The first kappa shape index (κ1) is 28.3. The summed E-state index contributed by atoms with van der Waals surface area (Å²) in [5.41, 5.74) is 1.17. The van der Waals surface area contributed by atoms with Crippen molar-refractivity contribution in [1.82, 2.24) is 14.5 Å². The number of benzene rings is 2. The third-order valence-corrected chi connectivity index (χ3v) is 8.47. The number of carbonyl (C=O) groups is 3. The molecule has 9 nitrogen and oxygen atoms in total. The molecule has 0 saturated carbocycles. The number of aliphatic carboxylic acids is 1. The number of sulfonamides is 1. The predicted octanol–water partition coefficient (Wildman–Crippen LogP) is 3.28. The maximum Gasteiger partial charge on any atom is 0.327 e. The lowest BCUT2D eigenvalue weighted by molar-refractivity contribution is -0.141. The molecule has 1 unspecified atom stereocenters. The number of rotatable bonds is 13. The average molecular weight is 530 g/mol. The van der Waals surface area contributed by atoms with E-state index in [1.165, 1.54) is 4.90 Å². The number of hydrogen-bond donors (Lipinski definition) is 2. The van der Waals surface area contributed by atoms with Crippen molar-refractivity contribution >= 4 is 27.9 Å². The van der Waals surface area contributed by atoms with E-state index in [-0.39, 0.29) is 37.8 Å². The van der Waals surface area contributed by atoms with E-state index in [1.807, 2.05) is 60.7 Å². The first-order chi connectivity index (χ1) is 17.4. The van der Waals surface area contributed by atoms with Crippen LogP contribution >= 0.6 is 0 Å². The van der Waals surface area contributed by atoms with Crippen LogP contribution in [0, 0.1) is 5.92 Å². The molecule has 2 aromatic rings. The van der Waals surface area contributed by atoms with E-state index in [0.29, 0.717) is 6.42 Å². The molecule has 1 fully saturated rings. The van der Waals surface area contributed by atoms with Gasteiger partial charge >= 0.3 is 12.0 Å². The number of carboxylic acid groups (broad SMARTS) is 1.